The van der Waals surface area contributed by atoms with E-state index < -0.39 is 0 Å². The summed E-state index contributed by atoms with van der Waals surface area (Å²) in [5.74, 6) is 0.00361. The van der Waals surface area contributed by atoms with Crippen molar-refractivity contribution in [3.05, 3.63) is 0 Å². The Bertz CT molecular complexity index is 104. The van der Waals surface area contributed by atoms with Crippen LogP contribution >= 0.6 is 0 Å². The first-order chi connectivity index (χ1) is 5.31. The molecule has 3 nitrogen and oxygen atoms in total. The van der Waals surface area contributed by atoms with Gasteiger partial charge in [0, 0.05) is 13.0 Å². The lowest BCUT2D eigenvalue weighted by Gasteiger charge is -1.98. The zero-order valence-electron chi connectivity index (χ0n) is 7.18. The summed E-state index contributed by atoms with van der Waals surface area (Å²) in [4.78, 5) is 10.9. The van der Waals surface area contributed by atoms with Crippen molar-refractivity contribution in [2.45, 2.75) is 32.6 Å². The van der Waals surface area contributed by atoms with Gasteiger partial charge in [-0.1, -0.05) is 19.8 Å². The van der Waals surface area contributed by atoms with Crippen molar-refractivity contribution in [3.63, 3.8) is 0 Å². The lowest BCUT2D eigenvalue weighted by molar-refractivity contribution is -0.121. The van der Waals surface area contributed by atoms with Crippen LogP contribution in [0.1, 0.15) is 32.6 Å². The molecule has 0 saturated heterocycles. The molecule has 0 rings (SSSR count). The number of amides is 1. The van der Waals surface area contributed by atoms with Gasteiger partial charge in [-0.2, -0.15) is 0 Å². The van der Waals surface area contributed by atoms with Gasteiger partial charge in [0.25, 0.3) is 0 Å². The fourth-order valence-corrected chi connectivity index (χ4v) is 0.795. The summed E-state index contributed by atoms with van der Waals surface area (Å²) in [6, 6.07) is 0. The van der Waals surface area contributed by atoms with Crippen molar-refractivity contribution in [1.82, 2.24) is 5.32 Å². The predicted octanol–water partition coefficient (Wildman–Crippen LogP) is 0.656. The molecule has 3 heteroatoms. The highest BCUT2D eigenvalue weighted by molar-refractivity contribution is 5.75. The number of carbonyl (C=O) groups is 1. The van der Waals surface area contributed by atoms with Gasteiger partial charge in [0.1, 0.15) is 0 Å². The smallest absolute Gasteiger partial charge is 0.241 e. The Morgan fingerprint density at radius 3 is 2.73 bits per heavy atom. The molecule has 0 aliphatic rings. The second-order valence-corrected chi connectivity index (χ2v) is 2.52. The monoisotopic (exact) mass is 157 g/mol. The average Bonchev–Trinajstić information content (AvgIpc) is 2.01. The van der Waals surface area contributed by atoms with Crippen LogP contribution in [0.2, 0.25) is 0 Å². The number of carbonyl (C=O) groups excluding carboxylic acids is 1. The zero-order valence-corrected chi connectivity index (χ0v) is 7.18. The minimum absolute atomic E-state index is 0.00361. The van der Waals surface area contributed by atoms with Gasteiger partial charge in [-0.3, -0.25) is 10.1 Å². The van der Waals surface area contributed by atoms with Crippen LogP contribution in [-0.4, -0.2) is 19.0 Å². The Labute approximate surface area is 68.3 Å². The standard InChI is InChI=1S/C8H17N2O/c1-2-3-4-5-8(11)10-7-6-9/h2-7,9H2,1H3. The van der Waals surface area contributed by atoms with E-state index in [2.05, 4.69) is 12.2 Å². The molecule has 0 aliphatic heterocycles. The summed E-state index contributed by atoms with van der Waals surface area (Å²) in [6.07, 6.45) is 3.81. The molecule has 65 valence electrons. The Morgan fingerprint density at radius 2 is 2.18 bits per heavy atom. The molecule has 0 unspecified atom stereocenters. The van der Waals surface area contributed by atoms with E-state index in [1.165, 1.54) is 0 Å². The summed E-state index contributed by atoms with van der Waals surface area (Å²) in [5.41, 5.74) is 5.19. The SMILES string of the molecule is CCCCCC(=O)[N]CCN. The van der Waals surface area contributed by atoms with Crippen molar-refractivity contribution in [2.75, 3.05) is 13.1 Å². The highest BCUT2D eigenvalue weighted by Crippen LogP contribution is 1.98. The molecular weight excluding hydrogens is 140 g/mol. The van der Waals surface area contributed by atoms with E-state index in [1.54, 1.807) is 0 Å². The molecule has 0 aromatic carbocycles. The van der Waals surface area contributed by atoms with Crippen LogP contribution in [0.25, 0.3) is 0 Å². The van der Waals surface area contributed by atoms with Gasteiger partial charge in [-0.05, 0) is 6.42 Å². The Hall–Kier alpha value is -0.570. The third-order valence-electron chi connectivity index (χ3n) is 1.41. The maximum atomic E-state index is 10.9. The normalized spacial score (nSPS) is 9.64. The topological polar surface area (TPSA) is 57.2 Å². The van der Waals surface area contributed by atoms with Gasteiger partial charge < -0.3 is 5.73 Å². The molecule has 1 radical (unpaired) electrons. The zero-order chi connectivity index (χ0) is 8.53. The lowest BCUT2D eigenvalue weighted by atomic mass is 10.2. The van der Waals surface area contributed by atoms with Gasteiger partial charge in [0.15, 0.2) is 0 Å². The molecule has 0 bridgehead atoms. The van der Waals surface area contributed by atoms with Gasteiger partial charge >= 0.3 is 0 Å². The van der Waals surface area contributed by atoms with E-state index in [4.69, 9.17) is 5.73 Å². The molecule has 0 aromatic rings. The lowest BCUT2D eigenvalue weighted by Crippen LogP contribution is -2.21. The molecule has 0 aliphatic carbocycles. The third kappa shape index (κ3) is 7.33. The molecule has 0 saturated carbocycles. The molecule has 0 heterocycles. The van der Waals surface area contributed by atoms with Crippen LogP contribution in [-0.2, 0) is 4.79 Å². The largest absolute Gasteiger partial charge is 0.329 e. The van der Waals surface area contributed by atoms with Crippen LogP contribution < -0.4 is 11.1 Å². The molecule has 0 atom stereocenters. The van der Waals surface area contributed by atoms with E-state index in [1.807, 2.05) is 0 Å². The Kier molecular flexibility index (Phi) is 7.15. The van der Waals surface area contributed by atoms with E-state index in [0.29, 0.717) is 19.5 Å². The summed E-state index contributed by atoms with van der Waals surface area (Å²) in [7, 11) is 0. The van der Waals surface area contributed by atoms with Crippen LogP contribution in [0.5, 0.6) is 0 Å². The summed E-state index contributed by atoms with van der Waals surface area (Å²) in [6.45, 7) is 3.06. The summed E-state index contributed by atoms with van der Waals surface area (Å²) in [5, 5.41) is 3.75. The molecule has 0 fully saturated rings. The maximum Gasteiger partial charge on any atom is 0.241 e. The second-order valence-electron chi connectivity index (χ2n) is 2.52. The summed E-state index contributed by atoms with van der Waals surface area (Å²) >= 11 is 0. The first-order valence-corrected chi connectivity index (χ1v) is 4.21. The van der Waals surface area contributed by atoms with Crippen molar-refractivity contribution in [3.8, 4) is 0 Å². The fourth-order valence-electron chi connectivity index (χ4n) is 0.795. The Balaban J connectivity index is 3.09. The van der Waals surface area contributed by atoms with Gasteiger partial charge in [0.2, 0.25) is 5.91 Å². The number of hydrogen-bond acceptors (Lipinski definition) is 2. The summed E-state index contributed by atoms with van der Waals surface area (Å²) < 4.78 is 0. The maximum absolute atomic E-state index is 10.9. The molecule has 0 spiro atoms. The van der Waals surface area contributed by atoms with Gasteiger partial charge in [-0.25, -0.2) is 0 Å². The Morgan fingerprint density at radius 1 is 1.45 bits per heavy atom. The number of nitrogens with zero attached hydrogens (tertiary/aromatic N) is 1. The van der Waals surface area contributed by atoms with E-state index in [9.17, 15) is 4.79 Å². The third-order valence-corrected chi connectivity index (χ3v) is 1.41. The second kappa shape index (κ2) is 7.54. The van der Waals surface area contributed by atoms with E-state index in [0.717, 1.165) is 19.3 Å². The minimum Gasteiger partial charge on any atom is -0.329 e. The van der Waals surface area contributed by atoms with Crippen LogP contribution in [0.4, 0.5) is 0 Å². The van der Waals surface area contributed by atoms with Crippen molar-refractivity contribution in [1.29, 1.82) is 0 Å². The van der Waals surface area contributed by atoms with Gasteiger partial charge in [0.05, 0.1) is 6.54 Å². The number of hydrogen-bond donors (Lipinski definition) is 1. The molecule has 1 amide bonds. The van der Waals surface area contributed by atoms with Gasteiger partial charge in [-0.15, -0.1) is 0 Å². The minimum atomic E-state index is 0.00361. The average molecular weight is 157 g/mol. The molecule has 2 N–H and O–H groups in total. The fraction of sp³-hybridized carbons (Fsp3) is 0.875. The first kappa shape index (κ1) is 10.4. The highest BCUT2D eigenvalue weighted by Gasteiger charge is 1.99. The van der Waals surface area contributed by atoms with Crippen molar-refractivity contribution in [2.24, 2.45) is 5.73 Å². The van der Waals surface area contributed by atoms with E-state index in [-0.39, 0.29) is 5.91 Å². The number of rotatable bonds is 6. The molecule has 0 aromatic heterocycles. The predicted molar refractivity (Wildman–Crippen MR) is 45.2 cm³/mol. The number of nitrogens with two attached hydrogens (primary N) is 1. The van der Waals surface area contributed by atoms with E-state index >= 15 is 0 Å². The van der Waals surface area contributed by atoms with Crippen LogP contribution in [0.15, 0.2) is 0 Å². The highest BCUT2D eigenvalue weighted by atomic mass is 16.1. The van der Waals surface area contributed by atoms with Crippen molar-refractivity contribution >= 4 is 5.91 Å². The quantitative estimate of drug-likeness (QED) is 0.576. The van der Waals surface area contributed by atoms with Crippen LogP contribution in [0, 0.1) is 0 Å². The van der Waals surface area contributed by atoms with Crippen molar-refractivity contribution < 1.29 is 4.79 Å². The molecule has 11 heavy (non-hydrogen) atoms. The number of unbranched alkanes of at least 4 members (excludes halogenated alkanes) is 2. The first-order valence-electron chi connectivity index (χ1n) is 4.21. The van der Waals surface area contributed by atoms with Crippen LogP contribution in [0.3, 0.4) is 0 Å². The molecular formula is C8H17N2O.